The van der Waals surface area contributed by atoms with Crippen LogP contribution in [-0.2, 0) is 0 Å². The van der Waals surface area contributed by atoms with Gasteiger partial charge in [0.15, 0.2) is 0 Å². The summed E-state index contributed by atoms with van der Waals surface area (Å²) >= 11 is 0. The molecule has 4 bridgehead atoms. The lowest BCUT2D eigenvalue weighted by molar-refractivity contribution is -0.0450. The van der Waals surface area contributed by atoms with Crippen LogP contribution in [0.1, 0.15) is 70.6 Å². The molecule has 3 atom stereocenters. The number of hydrogen-bond acceptors (Lipinski definition) is 2. The van der Waals surface area contributed by atoms with Crippen molar-refractivity contribution >= 4 is 0 Å². The van der Waals surface area contributed by atoms with Crippen LogP contribution >= 0.6 is 0 Å². The van der Waals surface area contributed by atoms with Crippen LogP contribution in [0.3, 0.4) is 0 Å². The van der Waals surface area contributed by atoms with Gasteiger partial charge in [0, 0.05) is 35.6 Å². The van der Waals surface area contributed by atoms with E-state index in [2.05, 4.69) is 40.7 Å². The van der Waals surface area contributed by atoms with Gasteiger partial charge >= 0.3 is 0 Å². The summed E-state index contributed by atoms with van der Waals surface area (Å²) in [5.74, 6) is 6.86. The highest BCUT2D eigenvalue weighted by molar-refractivity contribution is 5.54. The summed E-state index contributed by atoms with van der Waals surface area (Å²) in [5.41, 5.74) is 8.37. The van der Waals surface area contributed by atoms with Crippen molar-refractivity contribution < 1.29 is 0 Å². The zero-order chi connectivity index (χ0) is 20.8. The Labute approximate surface area is 193 Å². The summed E-state index contributed by atoms with van der Waals surface area (Å²) in [6.45, 7) is 0.990. The molecule has 0 aromatic heterocycles. The largest absolute Gasteiger partial charge is 0.387 e. The van der Waals surface area contributed by atoms with Crippen LogP contribution < -0.4 is 5.32 Å². The monoisotopic (exact) mass is 426 g/mol. The van der Waals surface area contributed by atoms with Crippen LogP contribution in [0.5, 0.6) is 0 Å². The second-order valence-electron chi connectivity index (χ2n) is 12.4. The molecule has 1 N–H and O–H groups in total. The van der Waals surface area contributed by atoms with Crippen LogP contribution in [0, 0.1) is 41.4 Å². The molecule has 9 rings (SSSR count). The molecule has 2 nitrogen and oxygen atoms in total. The zero-order valence-electron chi connectivity index (χ0n) is 19.4. The number of nitrogens with zero attached hydrogens (tertiary/aromatic N) is 1. The molecule has 3 aliphatic heterocycles. The Balaban J connectivity index is 1.19. The summed E-state index contributed by atoms with van der Waals surface area (Å²) in [6.07, 6.45) is 28.3. The predicted molar refractivity (Wildman–Crippen MR) is 129 cm³/mol. The second-order valence-corrected chi connectivity index (χ2v) is 12.4. The quantitative estimate of drug-likeness (QED) is 0.545. The fourth-order valence-corrected chi connectivity index (χ4v) is 9.98. The summed E-state index contributed by atoms with van der Waals surface area (Å²) < 4.78 is 0. The van der Waals surface area contributed by atoms with E-state index in [1.807, 2.05) is 5.57 Å². The lowest BCUT2D eigenvalue weighted by Gasteiger charge is -2.55. The average Bonchev–Trinajstić information content (AvgIpc) is 3.03. The highest BCUT2D eigenvalue weighted by atomic mass is 15.2. The first-order valence-corrected chi connectivity index (χ1v) is 13.9. The van der Waals surface area contributed by atoms with Crippen LogP contribution in [0.4, 0.5) is 0 Å². The molecule has 6 aliphatic carbocycles. The van der Waals surface area contributed by atoms with E-state index in [-0.39, 0.29) is 0 Å². The normalized spacial score (nSPS) is 45.4. The maximum absolute atomic E-state index is 3.55. The minimum absolute atomic E-state index is 0.574. The Morgan fingerprint density at radius 3 is 2.62 bits per heavy atom. The number of fused-ring (bicyclic) bond motifs is 5. The summed E-state index contributed by atoms with van der Waals surface area (Å²) in [7, 11) is 0. The fourth-order valence-electron chi connectivity index (χ4n) is 9.98. The first-order chi connectivity index (χ1) is 15.8. The van der Waals surface area contributed by atoms with Crippen LogP contribution in [0.25, 0.3) is 0 Å². The summed E-state index contributed by atoms with van der Waals surface area (Å²) in [5, 5.41) is 3.55. The highest BCUT2D eigenvalue weighted by Crippen LogP contribution is 2.60. The SMILES string of the molecule is C1=CC2=CCC3=C4C(CCC3CC3C5CC6CC(C5)CC3C6)C3=CNCC=C3N4C2CC1. The van der Waals surface area contributed by atoms with Crippen molar-refractivity contribution in [3.8, 4) is 0 Å². The molecular weight excluding hydrogens is 388 g/mol. The standard InChI is InChI=1S/C30H38N2/c1-2-4-28-20(3-1)5-7-24-21(16-26-22-12-18-11-19(14-22)15-23(26)13-18)6-8-25-27-17-31-10-9-29(27)32(28)30(24)25/h1,3,5,9,17-19,21-23,25-26,28,31H,2,4,6-8,10-16H2. The van der Waals surface area contributed by atoms with Gasteiger partial charge in [0.05, 0.1) is 6.04 Å². The number of nitrogens with one attached hydrogen (secondary N) is 1. The van der Waals surface area contributed by atoms with Crippen LogP contribution in [0.15, 0.2) is 58.6 Å². The Kier molecular flexibility index (Phi) is 4.03. The van der Waals surface area contributed by atoms with Gasteiger partial charge in [-0.05, 0) is 123 Å². The van der Waals surface area contributed by atoms with Crippen molar-refractivity contribution in [1.82, 2.24) is 10.2 Å². The fraction of sp³-hybridized carbons (Fsp3) is 0.667. The molecular formula is C30H38N2. The smallest absolute Gasteiger partial charge is 0.0588 e. The predicted octanol–water partition coefficient (Wildman–Crippen LogP) is 6.46. The Morgan fingerprint density at radius 1 is 0.938 bits per heavy atom. The maximum Gasteiger partial charge on any atom is 0.0588 e. The molecule has 168 valence electrons. The zero-order valence-corrected chi connectivity index (χ0v) is 19.4. The van der Waals surface area contributed by atoms with Crippen molar-refractivity contribution in [3.05, 3.63) is 58.6 Å². The van der Waals surface area contributed by atoms with E-state index in [0.29, 0.717) is 12.0 Å². The topological polar surface area (TPSA) is 15.3 Å². The van der Waals surface area contributed by atoms with E-state index < -0.39 is 0 Å². The van der Waals surface area contributed by atoms with Crippen molar-refractivity contribution in [2.75, 3.05) is 6.54 Å². The first-order valence-electron chi connectivity index (χ1n) is 13.9. The van der Waals surface area contributed by atoms with E-state index in [0.717, 1.165) is 42.1 Å². The molecule has 0 amide bonds. The highest BCUT2D eigenvalue weighted by Gasteiger charge is 2.51. The van der Waals surface area contributed by atoms with E-state index >= 15 is 0 Å². The third kappa shape index (κ3) is 2.59. The molecule has 9 aliphatic rings. The van der Waals surface area contributed by atoms with Gasteiger partial charge in [-0.15, -0.1) is 0 Å². The van der Waals surface area contributed by atoms with E-state index in [1.54, 1.807) is 54.6 Å². The molecule has 3 heterocycles. The minimum atomic E-state index is 0.574. The molecule has 2 heteroatoms. The van der Waals surface area contributed by atoms with Gasteiger partial charge in [-0.25, -0.2) is 0 Å². The Hall–Kier alpha value is -1.70. The first kappa shape index (κ1) is 18.7. The Morgan fingerprint density at radius 2 is 1.78 bits per heavy atom. The van der Waals surface area contributed by atoms with Crippen molar-refractivity contribution in [1.29, 1.82) is 0 Å². The molecule has 5 fully saturated rings. The molecule has 0 aromatic carbocycles. The Bertz CT molecular complexity index is 962. The molecule has 32 heavy (non-hydrogen) atoms. The number of allylic oxidation sites excluding steroid dienone is 5. The van der Waals surface area contributed by atoms with Crippen molar-refractivity contribution in [2.45, 2.75) is 76.7 Å². The third-order valence-corrected chi connectivity index (χ3v) is 11.0. The van der Waals surface area contributed by atoms with E-state index in [1.165, 1.54) is 38.5 Å². The van der Waals surface area contributed by atoms with Crippen LogP contribution in [0.2, 0.25) is 0 Å². The van der Waals surface area contributed by atoms with Gasteiger partial charge in [0.25, 0.3) is 0 Å². The van der Waals surface area contributed by atoms with Gasteiger partial charge < -0.3 is 10.2 Å². The lowest BCUT2D eigenvalue weighted by Crippen LogP contribution is -2.46. The molecule has 4 saturated carbocycles. The van der Waals surface area contributed by atoms with Gasteiger partial charge in [-0.2, -0.15) is 0 Å². The lowest BCUT2D eigenvalue weighted by atomic mass is 9.50. The molecule has 0 radical (unpaired) electrons. The average molecular weight is 427 g/mol. The molecule has 3 unspecified atom stereocenters. The van der Waals surface area contributed by atoms with Gasteiger partial charge in [0.1, 0.15) is 0 Å². The minimum Gasteiger partial charge on any atom is -0.387 e. The van der Waals surface area contributed by atoms with E-state index in [9.17, 15) is 0 Å². The second kappa shape index (κ2) is 6.90. The summed E-state index contributed by atoms with van der Waals surface area (Å²) in [6, 6.07) is 0.574. The molecule has 0 spiro atoms. The van der Waals surface area contributed by atoms with Crippen molar-refractivity contribution in [2.24, 2.45) is 41.4 Å². The van der Waals surface area contributed by atoms with E-state index in [4.69, 9.17) is 0 Å². The third-order valence-electron chi connectivity index (χ3n) is 11.0. The van der Waals surface area contributed by atoms with Gasteiger partial charge in [0.2, 0.25) is 0 Å². The number of rotatable bonds is 2. The summed E-state index contributed by atoms with van der Waals surface area (Å²) in [4.78, 5) is 2.86. The van der Waals surface area contributed by atoms with Crippen molar-refractivity contribution in [3.63, 3.8) is 0 Å². The number of hydrogen-bond donors (Lipinski definition) is 1. The molecule has 0 aromatic rings. The van der Waals surface area contributed by atoms with Crippen LogP contribution in [-0.4, -0.2) is 17.5 Å². The number of dihydropyridines is 1. The maximum atomic E-state index is 3.55. The van der Waals surface area contributed by atoms with Gasteiger partial charge in [-0.3, -0.25) is 0 Å². The van der Waals surface area contributed by atoms with Gasteiger partial charge in [-0.1, -0.05) is 18.2 Å². The molecule has 1 saturated heterocycles.